The fourth-order valence-electron chi connectivity index (χ4n) is 2.27. The van der Waals surface area contributed by atoms with Crippen molar-refractivity contribution in [1.29, 1.82) is 0 Å². The summed E-state index contributed by atoms with van der Waals surface area (Å²) in [6, 6.07) is 7.61. The van der Waals surface area contributed by atoms with Crippen molar-refractivity contribution < 1.29 is 14.6 Å². The van der Waals surface area contributed by atoms with Crippen molar-refractivity contribution in [3.8, 4) is 5.75 Å². The highest BCUT2D eigenvalue weighted by molar-refractivity contribution is 5.68. The van der Waals surface area contributed by atoms with E-state index in [1.165, 1.54) is 0 Å². The van der Waals surface area contributed by atoms with Gasteiger partial charge in [-0.15, -0.1) is 0 Å². The van der Waals surface area contributed by atoms with Crippen molar-refractivity contribution in [3.63, 3.8) is 0 Å². The second-order valence-electron chi connectivity index (χ2n) is 4.34. The number of ether oxygens (including phenoxy) is 1. The number of carboxylic acid groups (broad SMARTS) is 1. The number of hydrogen-bond donors (Lipinski definition) is 1. The normalized spacial score (nSPS) is 12.4. The molecular weight excluding hydrogens is 242 g/mol. The Bertz CT molecular complexity index is 402. The molecule has 1 atom stereocenters. The summed E-state index contributed by atoms with van der Waals surface area (Å²) in [4.78, 5) is 13.2. The minimum Gasteiger partial charge on any atom is -0.494 e. The largest absolute Gasteiger partial charge is 0.494 e. The Morgan fingerprint density at radius 1 is 1.32 bits per heavy atom. The van der Waals surface area contributed by atoms with E-state index in [9.17, 15) is 4.79 Å². The summed E-state index contributed by atoms with van der Waals surface area (Å²) in [6.45, 7) is 8.29. The number of rotatable bonds is 8. The highest BCUT2D eigenvalue weighted by Gasteiger charge is 2.21. The predicted octanol–water partition coefficient (Wildman–Crippen LogP) is 2.94. The molecule has 19 heavy (non-hydrogen) atoms. The third-order valence-electron chi connectivity index (χ3n) is 3.17. The van der Waals surface area contributed by atoms with Crippen LogP contribution in [0.5, 0.6) is 5.75 Å². The molecule has 0 aromatic heterocycles. The lowest BCUT2D eigenvalue weighted by Crippen LogP contribution is -2.30. The van der Waals surface area contributed by atoms with Crippen LogP contribution in [0.25, 0.3) is 0 Å². The van der Waals surface area contributed by atoms with Gasteiger partial charge in [0.05, 0.1) is 13.0 Å². The van der Waals surface area contributed by atoms with Gasteiger partial charge in [0.25, 0.3) is 0 Å². The van der Waals surface area contributed by atoms with Gasteiger partial charge in [-0.3, -0.25) is 9.69 Å². The smallest absolute Gasteiger partial charge is 0.305 e. The van der Waals surface area contributed by atoms with Crippen LogP contribution in [0.3, 0.4) is 0 Å². The summed E-state index contributed by atoms with van der Waals surface area (Å²) in [7, 11) is 0. The van der Waals surface area contributed by atoms with E-state index in [4.69, 9.17) is 9.84 Å². The Hall–Kier alpha value is -1.55. The number of hydrogen-bond acceptors (Lipinski definition) is 3. The summed E-state index contributed by atoms with van der Waals surface area (Å²) in [5.41, 5.74) is 0.997. The van der Waals surface area contributed by atoms with Crippen LogP contribution in [0.2, 0.25) is 0 Å². The van der Waals surface area contributed by atoms with E-state index in [0.717, 1.165) is 24.4 Å². The summed E-state index contributed by atoms with van der Waals surface area (Å²) < 4.78 is 5.48. The molecule has 106 valence electrons. The highest BCUT2D eigenvalue weighted by Crippen LogP contribution is 2.27. The molecule has 0 heterocycles. The predicted molar refractivity (Wildman–Crippen MR) is 75.5 cm³/mol. The van der Waals surface area contributed by atoms with Crippen LogP contribution in [-0.4, -0.2) is 35.7 Å². The van der Waals surface area contributed by atoms with Crippen LogP contribution < -0.4 is 4.74 Å². The van der Waals surface area contributed by atoms with Crippen molar-refractivity contribution >= 4 is 5.97 Å². The SMILES string of the molecule is CCOc1cccc(C(CC(=O)O)N(CC)CC)c1. The molecule has 0 fully saturated rings. The van der Waals surface area contributed by atoms with Crippen molar-refractivity contribution in [2.24, 2.45) is 0 Å². The van der Waals surface area contributed by atoms with E-state index >= 15 is 0 Å². The van der Waals surface area contributed by atoms with Gasteiger partial charge in [-0.05, 0) is 37.7 Å². The fraction of sp³-hybridized carbons (Fsp3) is 0.533. The molecule has 0 spiro atoms. The Labute approximate surface area is 115 Å². The number of carboxylic acids is 1. The van der Waals surface area contributed by atoms with Gasteiger partial charge in [0.2, 0.25) is 0 Å². The zero-order chi connectivity index (χ0) is 14.3. The average molecular weight is 265 g/mol. The molecule has 0 aliphatic heterocycles. The van der Waals surface area contributed by atoms with Gasteiger partial charge >= 0.3 is 5.97 Å². The Kier molecular flexibility index (Phi) is 6.36. The van der Waals surface area contributed by atoms with Gasteiger partial charge in [0.15, 0.2) is 0 Å². The molecule has 1 aromatic carbocycles. The maximum Gasteiger partial charge on any atom is 0.305 e. The maximum atomic E-state index is 11.1. The second-order valence-corrected chi connectivity index (χ2v) is 4.34. The standard InChI is InChI=1S/C15H23NO3/c1-4-16(5-2)14(11-15(17)18)12-8-7-9-13(10-12)19-6-3/h7-10,14H,4-6,11H2,1-3H3,(H,17,18). The van der Waals surface area contributed by atoms with Gasteiger partial charge in [0, 0.05) is 6.04 Å². The quantitative estimate of drug-likeness (QED) is 0.785. The summed E-state index contributed by atoms with van der Waals surface area (Å²) >= 11 is 0. The van der Waals surface area contributed by atoms with Gasteiger partial charge in [-0.25, -0.2) is 0 Å². The molecular formula is C15H23NO3. The lowest BCUT2D eigenvalue weighted by atomic mass is 10.0. The van der Waals surface area contributed by atoms with Crippen LogP contribution in [0, 0.1) is 0 Å². The van der Waals surface area contributed by atoms with E-state index in [-0.39, 0.29) is 12.5 Å². The molecule has 0 aliphatic carbocycles. The number of nitrogens with zero attached hydrogens (tertiary/aromatic N) is 1. The number of carbonyl (C=O) groups is 1. The first-order valence-electron chi connectivity index (χ1n) is 6.80. The van der Waals surface area contributed by atoms with Crippen molar-refractivity contribution in [2.45, 2.75) is 33.2 Å². The van der Waals surface area contributed by atoms with Gasteiger partial charge < -0.3 is 9.84 Å². The van der Waals surface area contributed by atoms with E-state index in [1.54, 1.807) is 0 Å². The monoisotopic (exact) mass is 265 g/mol. The Morgan fingerprint density at radius 2 is 2.00 bits per heavy atom. The summed E-state index contributed by atoms with van der Waals surface area (Å²) in [5, 5.41) is 9.10. The summed E-state index contributed by atoms with van der Waals surface area (Å²) in [5.74, 6) is 0.0151. The fourth-order valence-corrected chi connectivity index (χ4v) is 2.27. The zero-order valence-corrected chi connectivity index (χ0v) is 11.9. The van der Waals surface area contributed by atoms with Crippen LogP contribution in [0.4, 0.5) is 0 Å². The van der Waals surface area contributed by atoms with Gasteiger partial charge in [-0.2, -0.15) is 0 Å². The van der Waals surface area contributed by atoms with Crippen molar-refractivity contribution in [3.05, 3.63) is 29.8 Å². The Morgan fingerprint density at radius 3 is 2.53 bits per heavy atom. The lowest BCUT2D eigenvalue weighted by molar-refractivity contribution is -0.138. The number of benzene rings is 1. The van der Waals surface area contributed by atoms with Crippen molar-refractivity contribution in [1.82, 2.24) is 4.90 Å². The third kappa shape index (κ3) is 4.56. The van der Waals surface area contributed by atoms with E-state index in [2.05, 4.69) is 4.90 Å². The minimum atomic E-state index is -0.779. The van der Waals surface area contributed by atoms with E-state index in [1.807, 2.05) is 45.0 Å². The van der Waals surface area contributed by atoms with Gasteiger partial charge in [0.1, 0.15) is 5.75 Å². The van der Waals surface area contributed by atoms with E-state index in [0.29, 0.717) is 6.61 Å². The molecule has 0 amide bonds. The molecule has 4 nitrogen and oxygen atoms in total. The second kappa shape index (κ2) is 7.79. The first-order chi connectivity index (χ1) is 9.12. The molecule has 0 aliphatic rings. The average Bonchev–Trinajstić information content (AvgIpc) is 2.39. The molecule has 1 N–H and O–H groups in total. The molecule has 4 heteroatoms. The lowest BCUT2D eigenvalue weighted by Gasteiger charge is -2.29. The molecule has 0 radical (unpaired) electrons. The maximum absolute atomic E-state index is 11.1. The first kappa shape index (κ1) is 15.5. The van der Waals surface area contributed by atoms with Crippen LogP contribution >= 0.6 is 0 Å². The van der Waals surface area contributed by atoms with Crippen molar-refractivity contribution in [2.75, 3.05) is 19.7 Å². The molecule has 0 saturated carbocycles. The van der Waals surface area contributed by atoms with Crippen LogP contribution in [0.15, 0.2) is 24.3 Å². The highest BCUT2D eigenvalue weighted by atomic mass is 16.5. The Balaban J connectivity index is 3.01. The molecule has 0 bridgehead atoms. The molecule has 0 saturated heterocycles. The third-order valence-corrected chi connectivity index (χ3v) is 3.17. The van der Waals surface area contributed by atoms with Gasteiger partial charge in [-0.1, -0.05) is 26.0 Å². The van der Waals surface area contributed by atoms with E-state index < -0.39 is 5.97 Å². The van der Waals surface area contributed by atoms with Crippen LogP contribution in [-0.2, 0) is 4.79 Å². The minimum absolute atomic E-state index is 0.104. The number of aliphatic carboxylic acids is 1. The molecule has 1 unspecified atom stereocenters. The molecule has 1 rings (SSSR count). The zero-order valence-electron chi connectivity index (χ0n) is 11.9. The summed E-state index contributed by atoms with van der Waals surface area (Å²) in [6.07, 6.45) is 0.108. The topological polar surface area (TPSA) is 49.8 Å². The molecule has 1 aromatic rings. The van der Waals surface area contributed by atoms with Crippen LogP contribution in [0.1, 0.15) is 38.8 Å². The first-order valence-corrected chi connectivity index (χ1v) is 6.80.